The SMILES string of the molecule is c1ccc2c(c1)-c1cccc3cccc(c13)C21c2cc(N(c3ccc4c(c3)oc3ccccc34)c3cccc4ccccc34)ccc2-c2cccc3cccc1c23. The lowest BCUT2D eigenvalue weighted by molar-refractivity contribution is 0.669. The van der Waals surface area contributed by atoms with Crippen molar-refractivity contribution in [3.8, 4) is 22.3 Å². The molecule has 1 atom stereocenters. The Balaban J connectivity index is 1.17. The van der Waals surface area contributed by atoms with Crippen LogP contribution in [0, 0.1) is 0 Å². The summed E-state index contributed by atoms with van der Waals surface area (Å²) in [7, 11) is 0. The summed E-state index contributed by atoms with van der Waals surface area (Å²) in [6.07, 6.45) is 0. The molecule has 0 fully saturated rings. The summed E-state index contributed by atoms with van der Waals surface area (Å²) in [5.74, 6) is 0. The monoisotopic (exact) mass is 723 g/mol. The molecule has 0 saturated carbocycles. The molecular weight excluding hydrogens is 691 g/mol. The Morgan fingerprint density at radius 1 is 0.333 bits per heavy atom. The minimum atomic E-state index is -0.587. The highest BCUT2D eigenvalue weighted by Crippen LogP contribution is 2.61. The normalized spacial score (nSPS) is 15.1. The van der Waals surface area contributed by atoms with E-state index in [4.69, 9.17) is 4.42 Å². The number of anilines is 3. The number of benzene rings is 10. The van der Waals surface area contributed by atoms with Gasteiger partial charge in [-0.25, -0.2) is 0 Å². The molecule has 1 heterocycles. The number of furan rings is 1. The fourth-order valence-electron chi connectivity index (χ4n) is 10.6. The van der Waals surface area contributed by atoms with Crippen molar-refractivity contribution >= 4 is 71.3 Å². The second-order valence-electron chi connectivity index (χ2n) is 15.6. The van der Waals surface area contributed by atoms with Gasteiger partial charge in [-0.2, -0.15) is 0 Å². The molecule has 1 unspecified atom stereocenters. The molecular formula is C55H33NO. The second kappa shape index (κ2) is 11.3. The van der Waals surface area contributed by atoms with Crippen molar-refractivity contribution in [2.75, 3.05) is 4.90 Å². The molecule has 264 valence electrons. The van der Waals surface area contributed by atoms with Gasteiger partial charge >= 0.3 is 0 Å². The fourth-order valence-corrected chi connectivity index (χ4v) is 10.6. The van der Waals surface area contributed by atoms with Gasteiger partial charge in [-0.05, 0) is 108 Å². The standard InChI is InChI=1S/C55H33NO/c1-2-18-39-34(12-1)13-11-26-50(39)56(38-29-31-43-42-20-4-6-27-51(42)57-52(43)33-38)37-28-30-41-45-22-8-15-36-17-10-25-48(54(36)45)55(49(41)32-37)46-23-5-3-19-40(46)44-21-7-14-35-16-9-24-47(55)53(35)44/h1-33H. The van der Waals surface area contributed by atoms with Gasteiger partial charge in [0.25, 0.3) is 0 Å². The topological polar surface area (TPSA) is 16.4 Å². The zero-order valence-electron chi connectivity index (χ0n) is 30.9. The molecule has 2 nitrogen and oxygen atoms in total. The van der Waals surface area contributed by atoms with Crippen LogP contribution in [0.5, 0.6) is 0 Å². The summed E-state index contributed by atoms with van der Waals surface area (Å²) >= 11 is 0. The summed E-state index contributed by atoms with van der Waals surface area (Å²) in [5.41, 5.74) is 14.8. The molecule has 0 N–H and O–H groups in total. The highest BCUT2D eigenvalue weighted by Gasteiger charge is 2.48. The van der Waals surface area contributed by atoms with E-state index < -0.39 is 5.41 Å². The summed E-state index contributed by atoms with van der Waals surface area (Å²) in [6.45, 7) is 0. The molecule has 0 radical (unpaired) electrons. The maximum absolute atomic E-state index is 6.53. The van der Waals surface area contributed by atoms with Gasteiger partial charge in [0.05, 0.1) is 11.1 Å². The van der Waals surface area contributed by atoms with Gasteiger partial charge in [0.2, 0.25) is 0 Å². The Morgan fingerprint density at radius 2 is 0.860 bits per heavy atom. The molecule has 0 saturated heterocycles. The first kappa shape index (κ1) is 30.9. The first-order chi connectivity index (χ1) is 28.3. The quantitative estimate of drug-likeness (QED) is 0.180. The lowest BCUT2D eigenvalue weighted by Crippen LogP contribution is -2.36. The number of hydrogen-bond acceptors (Lipinski definition) is 2. The van der Waals surface area contributed by atoms with Gasteiger partial charge in [0, 0.05) is 33.6 Å². The molecule has 2 aliphatic carbocycles. The van der Waals surface area contributed by atoms with E-state index in [1.165, 1.54) is 76.8 Å². The summed E-state index contributed by atoms with van der Waals surface area (Å²) < 4.78 is 6.53. The van der Waals surface area contributed by atoms with Gasteiger partial charge in [0.15, 0.2) is 0 Å². The van der Waals surface area contributed by atoms with Crippen LogP contribution >= 0.6 is 0 Å². The van der Waals surface area contributed by atoms with E-state index >= 15 is 0 Å². The van der Waals surface area contributed by atoms with E-state index in [1.807, 2.05) is 6.07 Å². The molecule has 11 aromatic rings. The summed E-state index contributed by atoms with van der Waals surface area (Å²) in [6, 6.07) is 74.1. The Bertz CT molecular complexity index is 3470. The summed E-state index contributed by atoms with van der Waals surface area (Å²) in [5, 5.41) is 9.81. The molecule has 1 spiro atoms. The minimum absolute atomic E-state index is 0.587. The third kappa shape index (κ3) is 4.04. The Morgan fingerprint density at radius 3 is 1.65 bits per heavy atom. The van der Waals surface area contributed by atoms with Crippen molar-refractivity contribution in [1.82, 2.24) is 0 Å². The third-order valence-electron chi connectivity index (χ3n) is 12.8. The van der Waals surface area contributed by atoms with E-state index in [-0.39, 0.29) is 0 Å². The van der Waals surface area contributed by atoms with E-state index in [0.29, 0.717) is 0 Å². The average molecular weight is 724 g/mol. The second-order valence-corrected chi connectivity index (χ2v) is 15.6. The van der Waals surface area contributed by atoms with Gasteiger partial charge in [-0.15, -0.1) is 0 Å². The third-order valence-corrected chi connectivity index (χ3v) is 12.8. The van der Waals surface area contributed by atoms with Gasteiger partial charge in [-0.3, -0.25) is 0 Å². The first-order valence-corrected chi connectivity index (χ1v) is 19.8. The lowest BCUT2D eigenvalue weighted by Gasteiger charge is -2.46. The van der Waals surface area contributed by atoms with Crippen molar-refractivity contribution in [2.45, 2.75) is 5.41 Å². The fraction of sp³-hybridized carbons (Fsp3) is 0.0182. The van der Waals surface area contributed by atoms with Crippen LogP contribution in [0.3, 0.4) is 0 Å². The Kier molecular flexibility index (Phi) is 6.13. The molecule has 2 heteroatoms. The molecule has 0 amide bonds. The van der Waals surface area contributed by atoms with Crippen LogP contribution in [-0.2, 0) is 5.41 Å². The maximum Gasteiger partial charge on any atom is 0.137 e. The van der Waals surface area contributed by atoms with Crippen molar-refractivity contribution in [2.24, 2.45) is 0 Å². The molecule has 57 heavy (non-hydrogen) atoms. The number of fused-ring (bicyclic) bond motifs is 12. The van der Waals surface area contributed by atoms with Crippen LogP contribution in [0.1, 0.15) is 22.3 Å². The average Bonchev–Trinajstić information content (AvgIpc) is 3.65. The van der Waals surface area contributed by atoms with E-state index in [0.717, 1.165) is 39.0 Å². The highest BCUT2D eigenvalue weighted by molar-refractivity contribution is 6.12. The van der Waals surface area contributed by atoms with Crippen LogP contribution < -0.4 is 4.90 Å². The molecule has 0 bridgehead atoms. The number of nitrogens with zero attached hydrogens (tertiary/aromatic N) is 1. The smallest absolute Gasteiger partial charge is 0.137 e. The maximum atomic E-state index is 6.53. The van der Waals surface area contributed by atoms with Gasteiger partial charge < -0.3 is 9.32 Å². The van der Waals surface area contributed by atoms with Crippen LogP contribution in [0.2, 0.25) is 0 Å². The van der Waals surface area contributed by atoms with Crippen molar-refractivity contribution in [1.29, 1.82) is 0 Å². The predicted molar refractivity (Wildman–Crippen MR) is 237 cm³/mol. The highest BCUT2D eigenvalue weighted by atomic mass is 16.3. The number of hydrogen-bond donors (Lipinski definition) is 0. The molecule has 1 aromatic heterocycles. The first-order valence-electron chi connectivity index (χ1n) is 19.8. The van der Waals surface area contributed by atoms with Crippen LogP contribution in [-0.4, -0.2) is 0 Å². The van der Waals surface area contributed by atoms with Gasteiger partial charge in [0.1, 0.15) is 11.2 Å². The van der Waals surface area contributed by atoms with Crippen molar-refractivity contribution in [3.05, 3.63) is 222 Å². The number of rotatable bonds is 3. The lowest BCUT2D eigenvalue weighted by atomic mass is 9.55. The summed E-state index contributed by atoms with van der Waals surface area (Å²) in [4.78, 5) is 2.44. The van der Waals surface area contributed by atoms with Crippen molar-refractivity contribution < 1.29 is 4.42 Å². The predicted octanol–water partition coefficient (Wildman–Crippen LogP) is 14.9. The van der Waals surface area contributed by atoms with E-state index in [9.17, 15) is 0 Å². The van der Waals surface area contributed by atoms with Gasteiger partial charge in [-0.1, -0.05) is 158 Å². The molecule has 2 aliphatic rings. The zero-order chi connectivity index (χ0) is 37.2. The Hall–Kier alpha value is -7.42. The minimum Gasteiger partial charge on any atom is -0.456 e. The van der Waals surface area contributed by atoms with E-state index in [1.54, 1.807) is 0 Å². The largest absolute Gasteiger partial charge is 0.456 e. The Labute approximate surface area is 329 Å². The molecule has 10 aromatic carbocycles. The van der Waals surface area contributed by atoms with Crippen LogP contribution in [0.15, 0.2) is 205 Å². The molecule has 0 aliphatic heterocycles. The zero-order valence-corrected chi connectivity index (χ0v) is 30.9. The molecule has 13 rings (SSSR count). The van der Waals surface area contributed by atoms with Crippen LogP contribution in [0.4, 0.5) is 17.1 Å². The van der Waals surface area contributed by atoms with Crippen LogP contribution in [0.25, 0.3) is 76.5 Å². The number of para-hydroxylation sites is 1. The van der Waals surface area contributed by atoms with E-state index in [2.05, 4.69) is 199 Å². The van der Waals surface area contributed by atoms with Crippen molar-refractivity contribution in [3.63, 3.8) is 0 Å².